The van der Waals surface area contributed by atoms with Crippen LogP contribution in [0.2, 0.25) is 0 Å². The van der Waals surface area contributed by atoms with Crippen LogP contribution in [0.25, 0.3) is 0 Å². The van der Waals surface area contributed by atoms with Crippen molar-refractivity contribution >= 4 is 15.6 Å². The Hall–Kier alpha value is -1.16. The van der Waals surface area contributed by atoms with E-state index >= 15 is 0 Å². The minimum absolute atomic E-state index is 0.0940. The quantitative estimate of drug-likeness (QED) is 0.540. The number of sulfone groups is 1. The number of hydrogen-bond donors (Lipinski definition) is 0. The van der Waals surface area contributed by atoms with Crippen molar-refractivity contribution in [2.45, 2.75) is 50.3 Å². The molecule has 3 nitrogen and oxygen atoms in total. The van der Waals surface area contributed by atoms with Gasteiger partial charge < -0.3 is 0 Å². The number of rotatable bonds is 8. The zero-order chi connectivity index (χ0) is 14.3. The van der Waals surface area contributed by atoms with E-state index in [-0.39, 0.29) is 10.7 Å². The van der Waals surface area contributed by atoms with E-state index in [1.54, 1.807) is 12.1 Å². The molecule has 0 N–H and O–H groups in total. The van der Waals surface area contributed by atoms with Gasteiger partial charge in [-0.25, -0.2) is 8.42 Å². The lowest BCUT2D eigenvalue weighted by atomic mass is 10.0. The number of hydrogen-bond acceptors (Lipinski definition) is 3. The van der Waals surface area contributed by atoms with Gasteiger partial charge in [-0.1, -0.05) is 44.7 Å². The van der Waals surface area contributed by atoms with E-state index in [2.05, 4.69) is 6.92 Å². The summed E-state index contributed by atoms with van der Waals surface area (Å²) in [5, 5.41) is 0. The van der Waals surface area contributed by atoms with Crippen molar-refractivity contribution in [2.24, 2.45) is 0 Å². The molecule has 0 bridgehead atoms. The maximum absolute atomic E-state index is 11.9. The van der Waals surface area contributed by atoms with Crippen molar-refractivity contribution < 1.29 is 13.2 Å². The van der Waals surface area contributed by atoms with Gasteiger partial charge in [-0.2, -0.15) is 0 Å². The number of benzene rings is 1. The summed E-state index contributed by atoms with van der Waals surface area (Å²) in [7, 11) is -3.18. The fourth-order valence-electron chi connectivity index (χ4n) is 1.92. The molecule has 0 fully saturated rings. The first-order valence-electron chi connectivity index (χ1n) is 6.78. The molecule has 0 atom stereocenters. The van der Waals surface area contributed by atoms with Gasteiger partial charge in [0.2, 0.25) is 0 Å². The molecule has 19 heavy (non-hydrogen) atoms. The molecule has 106 valence electrons. The predicted octanol–water partition coefficient (Wildman–Crippen LogP) is 3.63. The molecule has 0 aromatic heterocycles. The van der Waals surface area contributed by atoms with Crippen molar-refractivity contribution in [1.29, 1.82) is 0 Å². The Morgan fingerprint density at radius 2 is 1.58 bits per heavy atom. The van der Waals surface area contributed by atoms with Gasteiger partial charge >= 0.3 is 0 Å². The highest BCUT2D eigenvalue weighted by Crippen LogP contribution is 2.13. The van der Waals surface area contributed by atoms with Crippen LogP contribution in [-0.4, -0.2) is 20.5 Å². The molecular formula is C15H22O3S. The van der Waals surface area contributed by atoms with Crippen molar-refractivity contribution in [1.82, 2.24) is 0 Å². The van der Waals surface area contributed by atoms with Crippen molar-refractivity contribution in [3.63, 3.8) is 0 Å². The van der Waals surface area contributed by atoms with E-state index in [1.165, 1.54) is 31.4 Å². The minimum atomic E-state index is -3.18. The second-order valence-electron chi connectivity index (χ2n) is 4.88. The Morgan fingerprint density at radius 1 is 1.00 bits per heavy atom. The fourth-order valence-corrected chi connectivity index (χ4v) is 2.55. The summed E-state index contributed by atoms with van der Waals surface area (Å²) in [6.07, 6.45) is 7.29. The summed E-state index contributed by atoms with van der Waals surface area (Å²) in [4.78, 5) is 12.1. The molecule has 0 radical (unpaired) electrons. The number of carbonyl (C=O) groups is 1. The minimum Gasteiger partial charge on any atom is -0.294 e. The summed E-state index contributed by atoms with van der Waals surface area (Å²) in [5.74, 6) is 0.0940. The molecule has 1 rings (SSSR count). The zero-order valence-electron chi connectivity index (χ0n) is 11.7. The average Bonchev–Trinajstić information content (AvgIpc) is 2.37. The molecule has 0 heterocycles. The average molecular weight is 282 g/mol. The number of ketones is 1. The maximum Gasteiger partial charge on any atom is 0.175 e. The fraction of sp³-hybridized carbons (Fsp3) is 0.533. The van der Waals surface area contributed by atoms with Crippen LogP contribution in [-0.2, 0) is 9.84 Å². The molecule has 0 aliphatic heterocycles. The van der Waals surface area contributed by atoms with E-state index in [9.17, 15) is 13.2 Å². The Balaban J connectivity index is 2.50. The van der Waals surface area contributed by atoms with Crippen LogP contribution in [0.15, 0.2) is 29.2 Å². The summed E-state index contributed by atoms with van der Waals surface area (Å²) in [5.41, 5.74) is 0.600. The van der Waals surface area contributed by atoms with Crippen molar-refractivity contribution in [3.05, 3.63) is 29.8 Å². The molecule has 1 aromatic carbocycles. The molecule has 0 aliphatic rings. The van der Waals surface area contributed by atoms with Crippen LogP contribution in [0.1, 0.15) is 55.8 Å². The highest BCUT2D eigenvalue weighted by atomic mass is 32.2. The molecule has 1 aromatic rings. The Morgan fingerprint density at radius 3 is 2.11 bits per heavy atom. The smallest absolute Gasteiger partial charge is 0.175 e. The van der Waals surface area contributed by atoms with Gasteiger partial charge in [-0.3, -0.25) is 4.79 Å². The number of unbranched alkanes of at least 4 members (excludes halogenated alkanes) is 4. The highest BCUT2D eigenvalue weighted by molar-refractivity contribution is 7.90. The lowest BCUT2D eigenvalue weighted by Gasteiger charge is -2.03. The lowest BCUT2D eigenvalue weighted by molar-refractivity contribution is 0.0979. The molecule has 0 amide bonds. The van der Waals surface area contributed by atoms with Crippen LogP contribution in [0.4, 0.5) is 0 Å². The molecule has 4 heteroatoms. The first kappa shape index (κ1) is 15.9. The van der Waals surface area contributed by atoms with Gasteiger partial charge in [0.15, 0.2) is 15.6 Å². The Bertz CT molecular complexity index is 501. The molecule has 0 aliphatic carbocycles. The highest BCUT2D eigenvalue weighted by Gasteiger charge is 2.09. The van der Waals surface area contributed by atoms with Gasteiger partial charge in [0.05, 0.1) is 4.90 Å². The first-order valence-corrected chi connectivity index (χ1v) is 8.67. The predicted molar refractivity (Wildman–Crippen MR) is 77.3 cm³/mol. The van der Waals surface area contributed by atoms with Crippen LogP contribution < -0.4 is 0 Å². The zero-order valence-corrected chi connectivity index (χ0v) is 12.5. The summed E-state index contributed by atoms with van der Waals surface area (Å²) in [6, 6.07) is 6.20. The number of carbonyl (C=O) groups excluding carboxylic acids is 1. The van der Waals surface area contributed by atoms with E-state index in [0.717, 1.165) is 19.1 Å². The Labute approximate surface area is 116 Å². The molecule has 0 saturated carbocycles. The third kappa shape index (κ3) is 5.55. The van der Waals surface area contributed by atoms with E-state index in [4.69, 9.17) is 0 Å². The largest absolute Gasteiger partial charge is 0.294 e. The summed E-state index contributed by atoms with van der Waals surface area (Å²) in [6.45, 7) is 2.16. The van der Waals surface area contributed by atoms with Gasteiger partial charge in [0.1, 0.15) is 0 Å². The van der Waals surface area contributed by atoms with Crippen LogP contribution in [0.3, 0.4) is 0 Å². The third-order valence-electron chi connectivity index (χ3n) is 3.11. The third-order valence-corrected chi connectivity index (χ3v) is 4.24. The van der Waals surface area contributed by atoms with E-state index < -0.39 is 9.84 Å². The van der Waals surface area contributed by atoms with Crippen LogP contribution >= 0.6 is 0 Å². The second-order valence-corrected chi connectivity index (χ2v) is 6.90. The van der Waals surface area contributed by atoms with Gasteiger partial charge in [0.25, 0.3) is 0 Å². The maximum atomic E-state index is 11.9. The van der Waals surface area contributed by atoms with Crippen LogP contribution in [0.5, 0.6) is 0 Å². The number of Topliss-reactive ketones (excluding diaryl/α,β-unsaturated/α-hetero) is 1. The Kier molecular flexibility index (Phi) is 6.22. The molecule has 0 unspecified atom stereocenters. The van der Waals surface area contributed by atoms with Gasteiger partial charge in [-0.05, 0) is 18.6 Å². The normalized spacial score (nSPS) is 11.5. The molecular weight excluding hydrogens is 260 g/mol. The second kappa shape index (κ2) is 7.43. The summed E-state index contributed by atoms with van der Waals surface area (Å²) < 4.78 is 22.6. The molecule has 0 saturated heterocycles. The van der Waals surface area contributed by atoms with Gasteiger partial charge in [-0.15, -0.1) is 0 Å². The SMILES string of the molecule is CCCCCCCC(=O)c1ccc(S(C)(=O)=O)cc1. The lowest BCUT2D eigenvalue weighted by Crippen LogP contribution is -2.01. The summed E-state index contributed by atoms with van der Waals surface area (Å²) >= 11 is 0. The topological polar surface area (TPSA) is 51.2 Å². The monoisotopic (exact) mass is 282 g/mol. The van der Waals surface area contributed by atoms with Crippen molar-refractivity contribution in [3.8, 4) is 0 Å². The van der Waals surface area contributed by atoms with E-state index in [0.29, 0.717) is 12.0 Å². The van der Waals surface area contributed by atoms with Gasteiger partial charge in [0, 0.05) is 18.2 Å². The van der Waals surface area contributed by atoms with Crippen LogP contribution in [0, 0.1) is 0 Å². The first-order chi connectivity index (χ1) is 8.95. The molecule has 0 spiro atoms. The standard InChI is InChI=1S/C15H22O3S/c1-3-4-5-6-7-8-15(16)13-9-11-14(12-10-13)19(2,17)18/h9-12H,3-8H2,1-2H3. The van der Waals surface area contributed by atoms with E-state index in [1.807, 2.05) is 0 Å². The van der Waals surface area contributed by atoms with Crippen molar-refractivity contribution in [2.75, 3.05) is 6.26 Å².